The Morgan fingerprint density at radius 3 is 3.15 bits per heavy atom. The Bertz CT molecular complexity index is 204. The van der Waals surface area contributed by atoms with Crippen LogP contribution < -0.4 is 5.32 Å². The Morgan fingerprint density at radius 2 is 2.38 bits per heavy atom. The lowest BCUT2D eigenvalue weighted by Gasteiger charge is -2.18. The Labute approximate surface area is 77.2 Å². The molecule has 5 nitrogen and oxygen atoms in total. The zero-order valence-electron chi connectivity index (χ0n) is 7.45. The van der Waals surface area contributed by atoms with E-state index in [1.165, 1.54) is 5.06 Å². The van der Waals surface area contributed by atoms with Gasteiger partial charge in [-0.05, 0) is 19.3 Å². The second kappa shape index (κ2) is 5.38. The number of carbonyl (C=O) groups excluding carboxylic acids is 1. The van der Waals surface area contributed by atoms with Crippen LogP contribution in [0.15, 0.2) is 0 Å². The largest absolute Gasteiger partial charge is 0.342 e. The number of hydrogen-bond acceptors (Lipinski definition) is 3. The number of hydrogen-bond donors (Lipinski definition) is 1. The van der Waals surface area contributed by atoms with E-state index in [1.54, 1.807) is 0 Å². The number of nitrogens with one attached hydrogen (secondary N) is 1. The van der Waals surface area contributed by atoms with Gasteiger partial charge < -0.3 is 5.32 Å². The van der Waals surface area contributed by atoms with Crippen molar-refractivity contribution in [3.05, 3.63) is 0 Å². The second-order valence-corrected chi connectivity index (χ2v) is 2.81. The minimum absolute atomic E-state index is 0.0265. The molecule has 0 bridgehead atoms. The monoisotopic (exact) mass is 183 g/mol. The maximum atomic E-state index is 11.2. The molecular weight excluding hydrogens is 170 g/mol. The molecule has 0 aliphatic carbocycles. The standard InChI is InChI=1S/C8H13N3O2/c9-4-5-10-8(12)11-6-2-1-3-7-13-11/h1-3,5-7H2,(H,10,12). The van der Waals surface area contributed by atoms with Crippen LogP contribution in [0.4, 0.5) is 4.79 Å². The summed E-state index contributed by atoms with van der Waals surface area (Å²) in [5.74, 6) is 0. The zero-order valence-corrected chi connectivity index (χ0v) is 7.45. The lowest BCUT2D eigenvalue weighted by Crippen LogP contribution is -2.40. The lowest BCUT2D eigenvalue weighted by atomic mass is 10.2. The molecule has 0 unspecified atom stereocenters. The van der Waals surface area contributed by atoms with E-state index in [0.29, 0.717) is 13.2 Å². The molecule has 0 radical (unpaired) electrons. The maximum Gasteiger partial charge on any atom is 0.342 e. The van der Waals surface area contributed by atoms with Crippen LogP contribution in [0, 0.1) is 11.3 Å². The molecule has 1 N–H and O–H groups in total. The van der Waals surface area contributed by atoms with Crippen molar-refractivity contribution in [2.45, 2.75) is 19.3 Å². The van der Waals surface area contributed by atoms with E-state index in [2.05, 4.69) is 5.32 Å². The van der Waals surface area contributed by atoms with Crippen LogP contribution in [-0.4, -0.2) is 30.8 Å². The third-order valence-electron chi connectivity index (χ3n) is 1.80. The summed E-state index contributed by atoms with van der Waals surface area (Å²) in [5.41, 5.74) is 0. The summed E-state index contributed by atoms with van der Waals surface area (Å²) in [6, 6.07) is 1.52. The van der Waals surface area contributed by atoms with Crippen LogP contribution in [0.2, 0.25) is 0 Å². The molecule has 2 amide bonds. The average Bonchev–Trinajstić information content (AvgIpc) is 2.42. The van der Waals surface area contributed by atoms with Crippen molar-refractivity contribution in [1.29, 1.82) is 5.26 Å². The summed E-state index contributed by atoms with van der Waals surface area (Å²) in [5, 5.41) is 12.0. The van der Waals surface area contributed by atoms with Crippen molar-refractivity contribution in [3.8, 4) is 6.07 Å². The van der Waals surface area contributed by atoms with E-state index in [-0.39, 0.29) is 12.6 Å². The Hall–Kier alpha value is -1.28. The van der Waals surface area contributed by atoms with Gasteiger partial charge in [-0.25, -0.2) is 9.86 Å². The molecule has 1 aliphatic heterocycles. The second-order valence-electron chi connectivity index (χ2n) is 2.81. The number of nitriles is 1. The van der Waals surface area contributed by atoms with Crippen LogP contribution in [0.1, 0.15) is 19.3 Å². The van der Waals surface area contributed by atoms with Crippen molar-refractivity contribution < 1.29 is 9.63 Å². The van der Waals surface area contributed by atoms with Crippen LogP contribution in [0.5, 0.6) is 0 Å². The predicted octanol–water partition coefficient (Wildman–Crippen LogP) is 0.637. The Kier molecular flexibility index (Phi) is 4.06. The van der Waals surface area contributed by atoms with Crippen LogP contribution in [0.25, 0.3) is 0 Å². The van der Waals surface area contributed by atoms with E-state index >= 15 is 0 Å². The van der Waals surface area contributed by atoms with Gasteiger partial charge in [-0.3, -0.25) is 4.84 Å². The molecule has 0 atom stereocenters. The first kappa shape index (κ1) is 9.81. The first-order valence-corrected chi connectivity index (χ1v) is 4.40. The molecule has 0 spiro atoms. The summed E-state index contributed by atoms with van der Waals surface area (Å²) in [4.78, 5) is 16.4. The number of hydroxylamine groups is 2. The zero-order chi connectivity index (χ0) is 9.52. The van der Waals surface area contributed by atoms with E-state index in [9.17, 15) is 4.79 Å². The van der Waals surface area contributed by atoms with E-state index in [1.807, 2.05) is 6.07 Å². The lowest BCUT2D eigenvalue weighted by molar-refractivity contribution is -0.108. The molecule has 1 saturated heterocycles. The molecule has 0 aromatic carbocycles. The van der Waals surface area contributed by atoms with Crippen molar-refractivity contribution in [3.63, 3.8) is 0 Å². The minimum Gasteiger partial charge on any atom is -0.323 e. The van der Waals surface area contributed by atoms with Gasteiger partial charge in [-0.1, -0.05) is 0 Å². The topological polar surface area (TPSA) is 65.4 Å². The van der Waals surface area contributed by atoms with Gasteiger partial charge in [0, 0.05) is 0 Å². The molecule has 0 aromatic heterocycles. The Balaban J connectivity index is 2.31. The van der Waals surface area contributed by atoms with E-state index in [0.717, 1.165) is 19.3 Å². The van der Waals surface area contributed by atoms with Gasteiger partial charge >= 0.3 is 6.03 Å². The summed E-state index contributed by atoms with van der Waals surface area (Å²) < 4.78 is 0. The van der Waals surface area contributed by atoms with Gasteiger partial charge in [0.15, 0.2) is 0 Å². The van der Waals surface area contributed by atoms with Crippen LogP contribution in [-0.2, 0) is 4.84 Å². The maximum absolute atomic E-state index is 11.2. The smallest absolute Gasteiger partial charge is 0.323 e. The number of nitrogens with zero attached hydrogens (tertiary/aromatic N) is 2. The molecule has 72 valence electrons. The first-order chi connectivity index (χ1) is 6.34. The minimum atomic E-state index is -0.316. The van der Waals surface area contributed by atoms with Gasteiger partial charge in [0.25, 0.3) is 0 Å². The molecule has 0 aromatic rings. The van der Waals surface area contributed by atoms with Crippen molar-refractivity contribution in [2.75, 3.05) is 19.7 Å². The van der Waals surface area contributed by atoms with Gasteiger partial charge in [0.1, 0.15) is 6.54 Å². The molecular formula is C8H13N3O2. The first-order valence-electron chi connectivity index (χ1n) is 4.40. The number of carbonyl (C=O) groups is 1. The highest BCUT2D eigenvalue weighted by Crippen LogP contribution is 2.06. The number of amides is 2. The van der Waals surface area contributed by atoms with E-state index < -0.39 is 0 Å². The fraction of sp³-hybridized carbons (Fsp3) is 0.750. The normalized spacial score (nSPS) is 17.3. The Morgan fingerprint density at radius 1 is 1.54 bits per heavy atom. The van der Waals surface area contributed by atoms with E-state index in [4.69, 9.17) is 10.1 Å². The molecule has 0 saturated carbocycles. The van der Waals surface area contributed by atoms with Crippen molar-refractivity contribution >= 4 is 6.03 Å². The SMILES string of the molecule is N#CCNC(=O)N1CCCCCO1. The van der Waals surface area contributed by atoms with Gasteiger partial charge in [0.2, 0.25) is 0 Å². The molecule has 1 aliphatic rings. The molecule has 1 rings (SSSR count). The molecule has 1 fully saturated rings. The average molecular weight is 183 g/mol. The quantitative estimate of drug-likeness (QED) is 0.606. The third-order valence-corrected chi connectivity index (χ3v) is 1.80. The van der Waals surface area contributed by atoms with Crippen molar-refractivity contribution in [2.24, 2.45) is 0 Å². The molecule has 1 heterocycles. The highest BCUT2D eigenvalue weighted by molar-refractivity contribution is 5.73. The number of urea groups is 1. The van der Waals surface area contributed by atoms with Crippen molar-refractivity contribution in [1.82, 2.24) is 10.4 Å². The predicted molar refractivity (Wildman–Crippen MR) is 45.5 cm³/mol. The van der Waals surface area contributed by atoms with Gasteiger partial charge in [0.05, 0.1) is 19.2 Å². The van der Waals surface area contributed by atoms with Crippen LogP contribution in [0.3, 0.4) is 0 Å². The summed E-state index contributed by atoms with van der Waals surface area (Å²) in [7, 11) is 0. The number of rotatable bonds is 1. The fourth-order valence-corrected chi connectivity index (χ4v) is 1.14. The summed E-state index contributed by atoms with van der Waals surface area (Å²) >= 11 is 0. The van der Waals surface area contributed by atoms with Gasteiger partial charge in [-0.15, -0.1) is 0 Å². The molecule has 13 heavy (non-hydrogen) atoms. The highest BCUT2D eigenvalue weighted by atomic mass is 16.7. The summed E-state index contributed by atoms with van der Waals surface area (Å²) in [6.07, 6.45) is 3.03. The van der Waals surface area contributed by atoms with Gasteiger partial charge in [-0.2, -0.15) is 5.26 Å². The third kappa shape index (κ3) is 3.30. The summed E-state index contributed by atoms with van der Waals surface area (Å²) in [6.45, 7) is 1.22. The molecule has 5 heteroatoms. The highest BCUT2D eigenvalue weighted by Gasteiger charge is 2.15. The fourth-order valence-electron chi connectivity index (χ4n) is 1.14. The van der Waals surface area contributed by atoms with Crippen LogP contribution >= 0.6 is 0 Å².